The third-order valence-corrected chi connectivity index (χ3v) is 3.55. The first kappa shape index (κ1) is 8.68. The van der Waals surface area contributed by atoms with Gasteiger partial charge in [-0.3, -0.25) is 4.79 Å². The van der Waals surface area contributed by atoms with Crippen LogP contribution in [0, 0.1) is 0 Å². The summed E-state index contributed by atoms with van der Waals surface area (Å²) in [5, 5.41) is 0. The van der Waals surface area contributed by atoms with Crippen LogP contribution in [0.15, 0.2) is 0 Å². The minimum atomic E-state index is -0.503. The van der Waals surface area contributed by atoms with Crippen LogP contribution in [0.3, 0.4) is 0 Å². The molecular formula is C10H16N2O2. The molecule has 4 nitrogen and oxygen atoms in total. The molecule has 2 bridgehead atoms. The maximum atomic E-state index is 11.9. The Kier molecular flexibility index (Phi) is 1.67. The van der Waals surface area contributed by atoms with Crippen LogP contribution in [0.1, 0.15) is 25.7 Å². The fourth-order valence-electron chi connectivity index (χ4n) is 2.44. The molecule has 2 atom stereocenters. The van der Waals surface area contributed by atoms with Crippen molar-refractivity contribution in [2.45, 2.75) is 43.4 Å². The number of nitrogens with zero attached hydrogens (tertiary/aromatic N) is 1. The van der Waals surface area contributed by atoms with E-state index in [0.29, 0.717) is 0 Å². The SMILES string of the molecule is NC1(C(=O)N2CC3CCC(C2)O3)CC1. The van der Waals surface area contributed by atoms with Gasteiger partial charge in [-0.25, -0.2) is 0 Å². The third kappa shape index (κ3) is 1.25. The van der Waals surface area contributed by atoms with Crippen molar-refractivity contribution in [3.63, 3.8) is 0 Å². The lowest BCUT2D eigenvalue weighted by molar-refractivity contribution is -0.142. The summed E-state index contributed by atoms with van der Waals surface area (Å²) in [7, 11) is 0. The first-order valence-corrected chi connectivity index (χ1v) is 5.41. The lowest BCUT2D eigenvalue weighted by atomic mass is 10.2. The predicted molar refractivity (Wildman–Crippen MR) is 50.6 cm³/mol. The van der Waals surface area contributed by atoms with Crippen molar-refractivity contribution in [3.05, 3.63) is 0 Å². The molecule has 2 unspecified atom stereocenters. The second-order valence-electron chi connectivity index (χ2n) is 4.82. The summed E-state index contributed by atoms with van der Waals surface area (Å²) in [6.07, 6.45) is 4.48. The molecule has 3 aliphatic rings. The number of nitrogens with two attached hydrogens (primary N) is 1. The number of carbonyl (C=O) groups is 1. The number of carbonyl (C=O) groups excluding carboxylic acids is 1. The van der Waals surface area contributed by atoms with Crippen molar-refractivity contribution in [3.8, 4) is 0 Å². The van der Waals surface area contributed by atoms with Crippen LogP contribution in [0.2, 0.25) is 0 Å². The van der Waals surface area contributed by atoms with Gasteiger partial charge in [0.2, 0.25) is 5.91 Å². The van der Waals surface area contributed by atoms with Crippen molar-refractivity contribution >= 4 is 5.91 Å². The minimum absolute atomic E-state index is 0.151. The summed E-state index contributed by atoms with van der Waals surface area (Å²) in [6, 6.07) is 0. The molecule has 0 aromatic heterocycles. The predicted octanol–water partition coefficient (Wildman–Crippen LogP) is -0.133. The zero-order valence-corrected chi connectivity index (χ0v) is 8.24. The molecule has 4 heteroatoms. The topological polar surface area (TPSA) is 55.6 Å². The fraction of sp³-hybridized carbons (Fsp3) is 0.900. The van der Waals surface area contributed by atoms with Crippen molar-refractivity contribution in [2.75, 3.05) is 13.1 Å². The van der Waals surface area contributed by atoms with Gasteiger partial charge >= 0.3 is 0 Å². The van der Waals surface area contributed by atoms with Crippen LogP contribution in [0.4, 0.5) is 0 Å². The summed E-state index contributed by atoms with van der Waals surface area (Å²) in [6.45, 7) is 1.52. The molecule has 14 heavy (non-hydrogen) atoms. The molecule has 1 amide bonds. The molecular weight excluding hydrogens is 180 g/mol. The lowest BCUT2D eigenvalue weighted by Crippen LogP contribution is -2.52. The monoisotopic (exact) mass is 196 g/mol. The van der Waals surface area contributed by atoms with E-state index in [1.165, 1.54) is 0 Å². The molecule has 0 aromatic carbocycles. The van der Waals surface area contributed by atoms with Crippen LogP contribution in [0.25, 0.3) is 0 Å². The molecule has 2 N–H and O–H groups in total. The highest BCUT2D eigenvalue weighted by Gasteiger charge is 2.50. The summed E-state index contributed by atoms with van der Waals surface area (Å²) in [5.74, 6) is 0.151. The van der Waals surface area contributed by atoms with E-state index in [1.807, 2.05) is 4.90 Å². The van der Waals surface area contributed by atoms with Crippen molar-refractivity contribution in [1.29, 1.82) is 0 Å². The molecule has 0 spiro atoms. The Morgan fingerprint density at radius 2 is 1.86 bits per heavy atom. The van der Waals surface area contributed by atoms with Gasteiger partial charge in [0.1, 0.15) is 0 Å². The van der Waals surface area contributed by atoms with Gasteiger partial charge in [-0.2, -0.15) is 0 Å². The van der Waals surface area contributed by atoms with E-state index in [9.17, 15) is 4.79 Å². The standard InChI is InChI=1S/C10H16N2O2/c11-10(3-4-10)9(13)12-5-7-1-2-8(6-12)14-7/h7-8H,1-6,11H2. The molecule has 78 valence electrons. The summed E-state index contributed by atoms with van der Waals surface area (Å²) < 4.78 is 5.68. The highest BCUT2D eigenvalue weighted by atomic mass is 16.5. The van der Waals surface area contributed by atoms with Gasteiger partial charge in [0.05, 0.1) is 17.7 Å². The number of rotatable bonds is 1. The number of hydrogen-bond acceptors (Lipinski definition) is 3. The highest BCUT2D eigenvalue weighted by Crippen LogP contribution is 2.36. The Bertz CT molecular complexity index is 263. The maximum absolute atomic E-state index is 11.9. The Balaban J connectivity index is 1.71. The van der Waals surface area contributed by atoms with Crippen molar-refractivity contribution in [2.24, 2.45) is 5.73 Å². The molecule has 1 aliphatic carbocycles. The van der Waals surface area contributed by atoms with Crippen LogP contribution in [0.5, 0.6) is 0 Å². The maximum Gasteiger partial charge on any atom is 0.242 e. The molecule has 3 rings (SSSR count). The van der Waals surface area contributed by atoms with Gasteiger partial charge in [0, 0.05) is 13.1 Å². The van der Waals surface area contributed by atoms with Crippen molar-refractivity contribution in [1.82, 2.24) is 4.90 Å². The number of hydrogen-bond donors (Lipinski definition) is 1. The van der Waals surface area contributed by atoms with E-state index in [1.54, 1.807) is 0 Å². The molecule has 0 aromatic rings. The summed E-state index contributed by atoms with van der Waals surface area (Å²) in [4.78, 5) is 13.9. The first-order valence-electron chi connectivity index (χ1n) is 5.41. The number of ether oxygens (including phenoxy) is 1. The molecule has 2 heterocycles. The molecule has 2 saturated heterocycles. The van der Waals surface area contributed by atoms with Gasteiger partial charge in [-0.05, 0) is 25.7 Å². The Hall–Kier alpha value is -0.610. The number of morpholine rings is 1. The molecule has 0 radical (unpaired) electrons. The summed E-state index contributed by atoms with van der Waals surface area (Å²) >= 11 is 0. The normalized spacial score (nSPS) is 38.5. The zero-order chi connectivity index (χ0) is 9.76. The van der Waals surface area contributed by atoms with Gasteiger partial charge in [0.25, 0.3) is 0 Å². The Morgan fingerprint density at radius 3 is 2.36 bits per heavy atom. The smallest absolute Gasteiger partial charge is 0.242 e. The van der Waals surface area contributed by atoms with E-state index in [2.05, 4.69) is 0 Å². The number of fused-ring (bicyclic) bond motifs is 2. The average Bonchev–Trinajstić information content (AvgIpc) is 2.85. The number of amides is 1. The van der Waals surface area contributed by atoms with E-state index in [4.69, 9.17) is 10.5 Å². The largest absolute Gasteiger partial charge is 0.371 e. The zero-order valence-electron chi connectivity index (χ0n) is 8.24. The summed E-state index contributed by atoms with van der Waals surface area (Å²) in [5.41, 5.74) is 5.40. The average molecular weight is 196 g/mol. The lowest BCUT2D eigenvalue weighted by Gasteiger charge is -2.33. The van der Waals surface area contributed by atoms with Gasteiger partial charge in [0.15, 0.2) is 0 Å². The first-order chi connectivity index (χ1) is 6.67. The van der Waals surface area contributed by atoms with Gasteiger partial charge in [-0.15, -0.1) is 0 Å². The molecule has 3 fully saturated rings. The molecule has 1 saturated carbocycles. The molecule has 2 aliphatic heterocycles. The number of likely N-dealkylation sites (tertiary alicyclic amines) is 1. The van der Waals surface area contributed by atoms with Crippen LogP contribution < -0.4 is 5.73 Å². The fourth-order valence-corrected chi connectivity index (χ4v) is 2.44. The van der Waals surface area contributed by atoms with Crippen LogP contribution in [-0.4, -0.2) is 41.6 Å². The van der Waals surface area contributed by atoms with Gasteiger partial charge < -0.3 is 15.4 Å². The van der Waals surface area contributed by atoms with Crippen molar-refractivity contribution < 1.29 is 9.53 Å². The highest BCUT2D eigenvalue weighted by molar-refractivity contribution is 5.89. The van der Waals surface area contributed by atoms with E-state index < -0.39 is 5.54 Å². The Labute approximate surface area is 83.4 Å². The van der Waals surface area contributed by atoms with E-state index >= 15 is 0 Å². The Morgan fingerprint density at radius 1 is 1.29 bits per heavy atom. The van der Waals surface area contributed by atoms with Crippen LogP contribution in [-0.2, 0) is 9.53 Å². The second kappa shape index (κ2) is 2.70. The van der Waals surface area contributed by atoms with E-state index in [-0.39, 0.29) is 18.1 Å². The third-order valence-electron chi connectivity index (χ3n) is 3.55. The van der Waals surface area contributed by atoms with E-state index in [0.717, 1.165) is 38.8 Å². The van der Waals surface area contributed by atoms with Crippen LogP contribution >= 0.6 is 0 Å². The van der Waals surface area contributed by atoms with Gasteiger partial charge in [-0.1, -0.05) is 0 Å². The quantitative estimate of drug-likeness (QED) is 0.635. The minimum Gasteiger partial charge on any atom is -0.371 e. The second-order valence-corrected chi connectivity index (χ2v) is 4.82.